The molecule has 1 aliphatic heterocycles. The third-order valence-corrected chi connectivity index (χ3v) is 9.36. The van der Waals surface area contributed by atoms with E-state index in [1.54, 1.807) is 40.7 Å². The molecule has 1 aliphatic carbocycles. The number of sulfonamides is 1. The minimum absolute atomic E-state index is 0.162. The molecule has 4 rings (SSSR count). The average Bonchev–Trinajstić information content (AvgIpc) is 3.36. The lowest BCUT2D eigenvalue weighted by Crippen LogP contribution is -2.58. The smallest absolute Gasteiger partial charge is 0.248 e. The van der Waals surface area contributed by atoms with Crippen LogP contribution in [0.2, 0.25) is 0 Å². The van der Waals surface area contributed by atoms with E-state index in [-0.39, 0.29) is 36.3 Å². The van der Waals surface area contributed by atoms with Crippen LogP contribution in [-0.4, -0.2) is 60.1 Å². The summed E-state index contributed by atoms with van der Waals surface area (Å²) >= 11 is 1.33. The van der Waals surface area contributed by atoms with E-state index in [0.717, 1.165) is 37.7 Å². The highest BCUT2D eigenvalue weighted by atomic mass is 32.2. The predicted octanol–water partition coefficient (Wildman–Crippen LogP) is 3.52. The highest BCUT2D eigenvalue weighted by molar-refractivity contribution is 7.89. The van der Waals surface area contributed by atoms with E-state index in [1.165, 1.54) is 22.1 Å². The molecule has 1 aromatic heterocycles. The van der Waals surface area contributed by atoms with Gasteiger partial charge in [-0.2, -0.15) is 4.31 Å². The molecule has 1 unspecified atom stereocenters. The van der Waals surface area contributed by atoms with Gasteiger partial charge in [0.2, 0.25) is 21.8 Å². The highest BCUT2D eigenvalue weighted by Crippen LogP contribution is 2.30. The molecule has 1 atom stereocenters. The number of carbonyl (C=O) groups is 2. The summed E-state index contributed by atoms with van der Waals surface area (Å²) in [5.41, 5.74) is 1.05. The third-order valence-electron chi connectivity index (χ3n) is 6.81. The Morgan fingerprint density at radius 2 is 1.91 bits per heavy atom. The van der Waals surface area contributed by atoms with Crippen LogP contribution >= 0.6 is 11.3 Å². The standard InChI is InChI=1S/C24H32N4O4S2/c1-2-18-8-10-20(11-9-18)34(31,32)27-13-14-28(22(29)17-27)21(16-19-6-4-3-5-7-19)23(30)26-24-25-12-15-33-24/h8-12,15,19,21H,2-7,13-14,16-17H2,1H3,(H,25,26,30). The summed E-state index contributed by atoms with van der Waals surface area (Å²) in [4.78, 5) is 32.3. The Morgan fingerprint density at radius 3 is 2.53 bits per heavy atom. The SMILES string of the molecule is CCc1ccc(S(=O)(=O)N2CCN(C(CC3CCCCC3)C(=O)Nc3nccs3)C(=O)C2)cc1. The van der Waals surface area contributed by atoms with Gasteiger partial charge in [-0.15, -0.1) is 11.3 Å². The van der Waals surface area contributed by atoms with Crippen molar-refractivity contribution in [2.45, 2.75) is 62.8 Å². The molecule has 1 saturated heterocycles. The van der Waals surface area contributed by atoms with Gasteiger partial charge in [-0.25, -0.2) is 13.4 Å². The Kier molecular flexibility index (Phi) is 8.00. The van der Waals surface area contributed by atoms with Crippen LogP contribution in [0.5, 0.6) is 0 Å². The molecule has 2 amide bonds. The number of hydrogen-bond donors (Lipinski definition) is 1. The molecule has 0 bridgehead atoms. The van der Waals surface area contributed by atoms with Crippen LogP contribution in [-0.2, 0) is 26.0 Å². The summed E-state index contributed by atoms with van der Waals surface area (Å²) in [5.74, 6) is -0.206. The van der Waals surface area contributed by atoms with Crippen LogP contribution in [0.3, 0.4) is 0 Å². The maximum atomic E-state index is 13.2. The summed E-state index contributed by atoms with van der Waals surface area (Å²) in [6.07, 6.45) is 8.63. The lowest BCUT2D eigenvalue weighted by atomic mass is 9.84. The summed E-state index contributed by atoms with van der Waals surface area (Å²) in [6.45, 7) is 2.10. The molecule has 0 spiro atoms. The van der Waals surface area contributed by atoms with Gasteiger partial charge in [0.1, 0.15) is 6.04 Å². The Labute approximate surface area is 205 Å². The lowest BCUT2D eigenvalue weighted by Gasteiger charge is -2.39. The van der Waals surface area contributed by atoms with Crippen molar-refractivity contribution in [1.29, 1.82) is 0 Å². The molecule has 1 aromatic carbocycles. The predicted molar refractivity (Wildman–Crippen MR) is 132 cm³/mol. The van der Waals surface area contributed by atoms with Crippen LogP contribution < -0.4 is 5.32 Å². The Morgan fingerprint density at radius 1 is 1.18 bits per heavy atom. The van der Waals surface area contributed by atoms with E-state index in [4.69, 9.17) is 0 Å². The molecule has 2 fully saturated rings. The van der Waals surface area contributed by atoms with E-state index in [0.29, 0.717) is 17.5 Å². The second-order valence-corrected chi connectivity index (χ2v) is 11.8. The number of rotatable bonds is 8. The van der Waals surface area contributed by atoms with Crippen molar-refractivity contribution in [2.24, 2.45) is 5.92 Å². The van der Waals surface area contributed by atoms with Crippen molar-refractivity contribution in [3.05, 3.63) is 41.4 Å². The number of aryl methyl sites for hydroxylation is 1. The fourth-order valence-corrected chi connectivity index (χ4v) is 6.75. The fourth-order valence-electron chi connectivity index (χ4n) is 4.83. The molecule has 0 radical (unpaired) electrons. The molecule has 34 heavy (non-hydrogen) atoms. The largest absolute Gasteiger partial charge is 0.328 e. The molecule has 2 aromatic rings. The maximum Gasteiger partial charge on any atom is 0.248 e. The Balaban J connectivity index is 1.49. The second kappa shape index (κ2) is 11.0. The minimum Gasteiger partial charge on any atom is -0.328 e. The third kappa shape index (κ3) is 5.67. The number of hydrogen-bond acceptors (Lipinski definition) is 6. The quantitative estimate of drug-likeness (QED) is 0.593. The first kappa shape index (κ1) is 24.8. The normalized spacial score (nSPS) is 19.2. The van der Waals surface area contributed by atoms with Crippen molar-refractivity contribution in [2.75, 3.05) is 25.0 Å². The van der Waals surface area contributed by atoms with Crippen molar-refractivity contribution in [3.63, 3.8) is 0 Å². The first-order chi connectivity index (χ1) is 16.4. The summed E-state index contributed by atoms with van der Waals surface area (Å²) in [6, 6.07) is 6.16. The number of benzene rings is 1. The van der Waals surface area contributed by atoms with Gasteiger partial charge >= 0.3 is 0 Å². The molecular weight excluding hydrogens is 472 g/mol. The van der Waals surface area contributed by atoms with Crippen LogP contribution in [0.25, 0.3) is 0 Å². The topological polar surface area (TPSA) is 99.7 Å². The summed E-state index contributed by atoms with van der Waals surface area (Å²) in [7, 11) is -3.78. The maximum absolute atomic E-state index is 13.2. The van der Waals surface area contributed by atoms with Gasteiger partial charge in [0, 0.05) is 24.7 Å². The van der Waals surface area contributed by atoms with Crippen LogP contribution in [0.1, 0.15) is 51.0 Å². The number of aromatic nitrogens is 1. The first-order valence-electron chi connectivity index (χ1n) is 12.0. The average molecular weight is 505 g/mol. The minimum atomic E-state index is -3.78. The molecule has 2 heterocycles. The molecule has 1 saturated carbocycles. The molecule has 2 aliphatic rings. The Bertz CT molecular complexity index is 1080. The lowest BCUT2D eigenvalue weighted by molar-refractivity contribution is -0.142. The van der Waals surface area contributed by atoms with Gasteiger partial charge in [0.25, 0.3) is 0 Å². The van der Waals surface area contributed by atoms with Gasteiger partial charge in [-0.3, -0.25) is 9.59 Å². The van der Waals surface area contributed by atoms with Crippen molar-refractivity contribution in [1.82, 2.24) is 14.2 Å². The zero-order chi connectivity index (χ0) is 24.1. The zero-order valence-corrected chi connectivity index (χ0v) is 21.1. The van der Waals surface area contributed by atoms with Crippen molar-refractivity contribution in [3.8, 4) is 0 Å². The number of thiazole rings is 1. The van der Waals surface area contributed by atoms with E-state index in [2.05, 4.69) is 10.3 Å². The van der Waals surface area contributed by atoms with Gasteiger partial charge in [0.15, 0.2) is 5.13 Å². The van der Waals surface area contributed by atoms with Gasteiger partial charge in [-0.1, -0.05) is 51.2 Å². The number of carbonyl (C=O) groups excluding carboxylic acids is 2. The van der Waals surface area contributed by atoms with E-state index >= 15 is 0 Å². The van der Waals surface area contributed by atoms with Crippen LogP contribution in [0, 0.1) is 5.92 Å². The van der Waals surface area contributed by atoms with Gasteiger partial charge in [0.05, 0.1) is 11.4 Å². The van der Waals surface area contributed by atoms with Gasteiger partial charge in [-0.05, 0) is 36.5 Å². The molecule has 1 N–H and O–H groups in total. The van der Waals surface area contributed by atoms with Crippen LogP contribution in [0.15, 0.2) is 40.7 Å². The second-order valence-electron chi connectivity index (χ2n) is 9.01. The number of amides is 2. The van der Waals surface area contributed by atoms with Crippen molar-refractivity contribution >= 4 is 38.3 Å². The summed E-state index contributed by atoms with van der Waals surface area (Å²) in [5, 5.41) is 5.14. The van der Waals surface area contributed by atoms with Crippen LogP contribution in [0.4, 0.5) is 5.13 Å². The number of nitrogens with one attached hydrogen (secondary N) is 1. The number of piperazine rings is 1. The van der Waals surface area contributed by atoms with E-state index in [1.807, 2.05) is 6.92 Å². The first-order valence-corrected chi connectivity index (χ1v) is 14.3. The molecule has 184 valence electrons. The zero-order valence-electron chi connectivity index (χ0n) is 19.5. The highest BCUT2D eigenvalue weighted by Gasteiger charge is 2.39. The Hall–Kier alpha value is -2.30. The molecule has 8 nitrogen and oxygen atoms in total. The summed E-state index contributed by atoms with van der Waals surface area (Å²) < 4.78 is 27.5. The fraction of sp³-hybridized carbons (Fsp3) is 0.542. The number of anilines is 1. The van der Waals surface area contributed by atoms with E-state index in [9.17, 15) is 18.0 Å². The van der Waals surface area contributed by atoms with E-state index < -0.39 is 16.1 Å². The molecule has 10 heteroatoms. The van der Waals surface area contributed by atoms with Gasteiger partial charge < -0.3 is 10.2 Å². The number of nitrogens with zero attached hydrogens (tertiary/aromatic N) is 3. The molecular formula is C24H32N4O4S2. The van der Waals surface area contributed by atoms with Crippen molar-refractivity contribution < 1.29 is 18.0 Å². The monoisotopic (exact) mass is 504 g/mol.